The fourth-order valence-electron chi connectivity index (χ4n) is 10.8. The minimum Gasteiger partial charge on any atom is -0.462 e. The van der Waals surface area contributed by atoms with Gasteiger partial charge in [-0.3, -0.25) is 37.3 Å². The van der Waals surface area contributed by atoms with Gasteiger partial charge in [0, 0.05) is 25.7 Å². The van der Waals surface area contributed by atoms with E-state index in [1.54, 1.807) is 0 Å². The van der Waals surface area contributed by atoms with Crippen molar-refractivity contribution in [1.82, 2.24) is 0 Å². The summed E-state index contributed by atoms with van der Waals surface area (Å²) in [6.07, 6.45) is 44.6. The van der Waals surface area contributed by atoms with Gasteiger partial charge in [0.1, 0.15) is 19.3 Å². The molecule has 0 aromatic carbocycles. The molecule has 0 bridgehead atoms. The summed E-state index contributed by atoms with van der Waals surface area (Å²) in [7, 11) is -9.91. The van der Waals surface area contributed by atoms with E-state index in [9.17, 15) is 43.2 Å². The molecule has 540 valence electrons. The second-order valence-corrected chi connectivity index (χ2v) is 30.6. The standard InChI is InChI=1S/C72H140O17P2/c1-9-65(8)51-43-35-29-31-37-45-53-70(75)83-59-68(89-71(76)54-46-38-26-22-18-13-11-10-12-16-20-24-32-40-48-62(2)3)61-87-91(80,81)85-57-66(73)56-84-90(78,79)86-60-67(58-82-69(74)52-44-36-30-28-34-42-50-64(6)7)88-72(77)55-47-39-27-23-19-15-14-17-21-25-33-41-49-63(4)5/h62-68,73H,9-61H2,1-8H3,(H,78,79)(H,80,81)/t65?,66-,67+,68+/m0/s1. The van der Waals surface area contributed by atoms with Crippen molar-refractivity contribution in [2.45, 2.75) is 375 Å². The molecule has 0 aliphatic rings. The second-order valence-electron chi connectivity index (χ2n) is 27.6. The molecular weight excluding hydrogens is 1200 g/mol. The fraction of sp³-hybridized carbons (Fsp3) is 0.944. The number of aliphatic hydroxyl groups excluding tert-OH is 1. The van der Waals surface area contributed by atoms with E-state index in [1.807, 2.05) is 0 Å². The van der Waals surface area contributed by atoms with Gasteiger partial charge in [-0.05, 0) is 49.4 Å². The molecule has 0 aromatic heterocycles. The van der Waals surface area contributed by atoms with Crippen molar-refractivity contribution in [3.8, 4) is 0 Å². The molecule has 0 saturated carbocycles. The van der Waals surface area contributed by atoms with E-state index in [4.69, 9.17) is 37.0 Å². The van der Waals surface area contributed by atoms with Crippen LogP contribution in [0.5, 0.6) is 0 Å². The number of unbranched alkanes of at least 4 members (excludes halogenated alkanes) is 34. The number of esters is 4. The Morgan fingerprint density at radius 1 is 0.308 bits per heavy atom. The Hall–Kier alpha value is -1.94. The molecule has 3 N–H and O–H groups in total. The van der Waals surface area contributed by atoms with Gasteiger partial charge in [-0.2, -0.15) is 0 Å². The monoisotopic (exact) mass is 1340 g/mol. The Bertz CT molecular complexity index is 1800. The summed E-state index contributed by atoms with van der Waals surface area (Å²) in [5.74, 6) is 0.853. The lowest BCUT2D eigenvalue weighted by Crippen LogP contribution is -2.30. The summed E-state index contributed by atoms with van der Waals surface area (Å²) < 4.78 is 68.3. The van der Waals surface area contributed by atoms with E-state index in [0.29, 0.717) is 31.6 Å². The lowest BCUT2D eigenvalue weighted by Gasteiger charge is -2.21. The number of carbonyl (C=O) groups is 4. The van der Waals surface area contributed by atoms with Crippen LogP contribution in [-0.4, -0.2) is 96.7 Å². The topological polar surface area (TPSA) is 237 Å². The first-order chi connectivity index (χ1) is 43.6. The first kappa shape index (κ1) is 89.1. The van der Waals surface area contributed by atoms with Gasteiger partial charge in [0.25, 0.3) is 0 Å². The molecule has 17 nitrogen and oxygen atoms in total. The van der Waals surface area contributed by atoms with E-state index in [0.717, 1.165) is 120 Å². The zero-order valence-electron chi connectivity index (χ0n) is 59.5. The lowest BCUT2D eigenvalue weighted by molar-refractivity contribution is -0.161. The zero-order chi connectivity index (χ0) is 67.5. The zero-order valence-corrected chi connectivity index (χ0v) is 61.3. The maximum absolute atomic E-state index is 13.0. The Kier molecular flexibility index (Phi) is 60.3. The van der Waals surface area contributed by atoms with E-state index in [-0.39, 0.29) is 25.7 Å². The number of rotatable bonds is 69. The Balaban J connectivity index is 5.22. The summed E-state index contributed by atoms with van der Waals surface area (Å²) >= 11 is 0. The van der Waals surface area contributed by atoms with Gasteiger partial charge in [-0.25, -0.2) is 9.13 Å². The Labute approximate surface area is 556 Å². The second kappa shape index (κ2) is 61.6. The van der Waals surface area contributed by atoms with Crippen LogP contribution in [-0.2, 0) is 65.4 Å². The van der Waals surface area contributed by atoms with Crippen molar-refractivity contribution < 1.29 is 80.2 Å². The third kappa shape index (κ3) is 65.1. The van der Waals surface area contributed by atoms with Crippen molar-refractivity contribution in [1.29, 1.82) is 0 Å². The average Bonchev–Trinajstić information content (AvgIpc) is 2.86. The molecule has 0 fully saturated rings. The first-order valence-corrected chi connectivity index (χ1v) is 40.2. The van der Waals surface area contributed by atoms with Crippen molar-refractivity contribution in [2.75, 3.05) is 39.6 Å². The quantitative estimate of drug-likeness (QED) is 0.0222. The van der Waals surface area contributed by atoms with Crippen LogP contribution >= 0.6 is 15.6 Å². The largest absolute Gasteiger partial charge is 0.472 e. The van der Waals surface area contributed by atoms with Gasteiger partial charge < -0.3 is 33.8 Å². The Morgan fingerprint density at radius 2 is 0.527 bits per heavy atom. The number of phosphoric acid groups is 2. The molecule has 0 aromatic rings. The summed E-state index contributed by atoms with van der Waals surface area (Å²) in [4.78, 5) is 72.6. The minimum atomic E-state index is -4.95. The molecule has 0 rings (SSSR count). The van der Waals surface area contributed by atoms with Gasteiger partial charge in [-0.1, -0.05) is 306 Å². The van der Waals surface area contributed by atoms with Gasteiger partial charge in [0.2, 0.25) is 0 Å². The van der Waals surface area contributed by atoms with Crippen LogP contribution in [0.2, 0.25) is 0 Å². The molecule has 0 amide bonds. The fourth-order valence-corrected chi connectivity index (χ4v) is 12.4. The molecule has 0 aliphatic heterocycles. The predicted molar refractivity (Wildman–Crippen MR) is 367 cm³/mol. The van der Waals surface area contributed by atoms with Crippen molar-refractivity contribution in [3.05, 3.63) is 0 Å². The SMILES string of the molecule is CCC(C)CCCCCCCCC(=O)OC[C@H](COP(=O)(O)OC[C@@H](O)COP(=O)(O)OC[C@@H](COC(=O)CCCCCCCCC(C)C)OC(=O)CCCCCCCCCCCCCCC(C)C)OC(=O)CCCCCCCCCCCCCCCCC(C)C. The van der Waals surface area contributed by atoms with E-state index in [1.165, 1.54) is 148 Å². The molecule has 0 heterocycles. The minimum absolute atomic E-state index is 0.105. The van der Waals surface area contributed by atoms with Gasteiger partial charge in [0.15, 0.2) is 12.2 Å². The molecule has 0 saturated heterocycles. The van der Waals surface area contributed by atoms with Crippen LogP contribution in [0.25, 0.3) is 0 Å². The van der Waals surface area contributed by atoms with Crippen LogP contribution in [0.15, 0.2) is 0 Å². The highest BCUT2D eigenvalue weighted by Gasteiger charge is 2.30. The van der Waals surface area contributed by atoms with Crippen LogP contribution in [0.3, 0.4) is 0 Å². The normalized spacial score (nSPS) is 14.5. The molecule has 91 heavy (non-hydrogen) atoms. The highest BCUT2D eigenvalue weighted by Crippen LogP contribution is 2.45. The highest BCUT2D eigenvalue weighted by molar-refractivity contribution is 7.47. The highest BCUT2D eigenvalue weighted by atomic mass is 31.2. The van der Waals surface area contributed by atoms with Crippen molar-refractivity contribution in [2.24, 2.45) is 23.7 Å². The molecule has 0 aliphatic carbocycles. The molecule has 0 radical (unpaired) electrons. The maximum atomic E-state index is 13.0. The summed E-state index contributed by atoms with van der Waals surface area (Å²) in [6.45, 7) is 14.1. The van der Waals surface area contributed by atoms with Crippen LogP contribution in [0.1, 0.15) is 357 Å². The summed E-state index contributed by atoms with van der Waals surface area (Å²) in [5.41, 5.74) is 0. The number of hydrogen-bond acceptors (Lipinski definition) is 15. The smallest absolute Gasteiger partial charge is 0.462 e. The Morgan fingerprint density at radius 3 is 0.780 bits per heavy atom. The van der Waals surface area contributed by atoms with Gasteiger partial charge >= 0.3 is 39.5 Å². The van der Waals surface area contributed by atoms with E-state index >= 15 is 0 Å². The first-order valence-electron chi connectivity index (χ1n) is 37.2. The van der Waals surface area contributed by atoms with Crippen molar-refractivity contribution >= 4 is 39.5 Å². The average molecular weight is 1340 g/mol. The molecule has 3 unspecified atom stereocenters. The van der Waals surface area contributed by atoms with Crippen LogP contribution in [0.4, 0.5) is 0 Å². The third-order valence-electron chi connectivity index (χ3n) is 16.9. The molecule has 6 atom stereocenters. The number of ether oxygens (including phenoxy) is 4. The van der Waals surface area contributed by atoms with Crippen LogP contribution < -0.4 is 0 Å². The predicted octanol–water partition coefficient (Wildman–Crippen LogP) is 20.5. The van der Waals surface area contributed by atoms with Gasteiger partial charge in [-0.15, -0.1) is 0 Å². The molecule has 19 heteroatoms. The number of hydrogen-bond donors (Lipinski definition) is 3. The summed E-state index contributed by atoms with van der Waals surface area (Å²) in [6, 6.07) is 0. The van der Waals surface area contributed by atoms with Gasteiger partial charge in [0.05, 0.1) is 26.4 Å². The number of phosphoric ester groups is 2. The third-order valence-corrected chi connectivity index (χ3v) is 18.8. The van der Waals surface area contributed by atoms with E-state index in [2.05, 4.69) is 55.4 Å². The number of carbonyl (C=O) groups excluding carboxylic acids is 4. The lowest BCUT2D eigenvalue weighted by atomic mass is 10.00. The summed E-state index contributed by atoms with van der Waals surface area (Å²) in [5, 5.41) is 10.6. The molecular formula is C72H140O17P2. The van der Waals surface area contributed by atoms with E-state index < -0.39 is 97.5 Å². The van der Waals surface area contributed by atoms with Crippen LogP contribution in [0, 0.1) is 23.7 Å². The maximum Gasteiger partial charge on any atom is 0.472 e. The van der Waals surface area contributed by atoms with Crippen molar-refractivity contribution in [3.63, 3.8) is 0 Å². The number of aliphatic hydroxyl groups is 1. The molecule has 0 spiro atoms.